The predicted octanol–water partition coefficient (Wildman–Crippen LogP) is 9.61. The van der Waals surface area contributed by atoms with Gasteiger partial charge in [0.05, 0.1) is 23.9 Å². The summed E-state index contributed by atoms with van der Waals surface area (Å²) in [6.45, 7) is 4.46. The number of carbonyl (C=O) groups excluding carboxylic acids is 2. The molecule has 0 amide bonds. The Kier molecular flexibility index (Phi) is 15.2. The topological polar surface area (TPSA) is 83.3 Å². The normalized spacial score (nSPS) is 15.7. The van der Waals surface area contributed by atoms with Crippen molar-refractivity contribution in [2.24, 2.45) is 5.41 Å². The maximum absolute atomic E-state index is 14.2. The number of esters is 2. The maximum atomic E-state index is 14.2. The molecule has 1 aromatic heterocycles. The van der Waals surface area contributed by atoms with Crippen molar-refractivity contribution in [1.82, 2.24) is 14.8 Å². The number of carbonyl (C=O) groups is 2. The van der Waals surface area contributed by atoms with Crippen LogP contribution in [0.25, 0.3) is 0 Å². The summed E-state index contributed by atoms with van der Waals surface area (Å²) in [4.78, 5) is 24.9. The Hall–Kier alpha value is -2.06. The molecule has 0 aromatic carbocycles. The summed E-state index contributed by atoms with van der Waals surface area (Å²) >= 11 is 2.44. The summed E-state index contributed by atoms with van der Waals surface area (Å²) in [5.74, 6) is -45.3. The number of ether oxygens (including phenoxy) is 2. The van der Waals surface area contributed by atoms with Crippen LogP contribution < -0.4 is 0 Å². The number of halogens is 16. The van der Waals surface area contributed by atoms with Crippen LogP contribution in [0.3, 0.4) is 0 Å². The first-order chi connectivity index (χ1) is 22.8. The molecule has 1 aromatic rings. The first-order valence-corrected chi connectivity index (χ1v) is 17.0. The number of alkyl halides is 16. The van der Waals surface area contributed by atoms with Gasteiger partial charge in [-0.15, -0.1) is 5.10 Å². The lowest BCUT2D eigenvalue weighted by Gasteiger charge is -2.41. The number of nitrogens with zero attached hydrogens (tertiary/aromatic N) is 3. The fourth-order valence-electron chi connectivity index (χ4n) is 4.39. The zero-order chi connectivity index (χ0) is 40.1. The Bertz CT molecular complexity index is 1320. The van der Waals surface area contributed by atoms with E-state index in [1.807, 2.05) is 12.9 Å². The molecule has 0 N–H and O–H groups in total. The molecule has 0 saturated carbocycles. The quantitative estimate of drug-likeness (QED) is 0.0403. The minimum absolute atomic E-state index is 0.162. The van der Waals surface area contributed by atoms with E-state index >= 15 is 0 Å². The minimum Gasteiger partial charge on any atom is -0.465 e. The van der Waals surface area contributed by atoms with Gasteiger partial charge in [0, 0.05) is 8.73 Å². The van der Waals surface area contributed by atoms with Crippen LogP contribution in [0.15, 0.2) is 6.20 Å². The Morgan fingerprint density at radius 3 is 1.63 bits per heavy atom. The van der Waals surface area contributed by atoms with Gasteiger partial charge in [-0.1, -0.05) is 53.2 Å². The van der Waals surface area contributed by atoms with Gasteiger partial charge in [-0.3, -0.25) is 9.59 Å². The van der Waals surface area contributed by atoms with Gasteiger partial charge in [-0.05, 0) is 53.1 Å². The van der Waals surface area contributed by atoms with Gasteiger partial charge in [0.1, 0.15) is 4.32 Å². The standard InChI is InChI=1S/C27H34BrF15N3O4P/c1-19(2,17(47)49-13-11-9-7-5-6-8-10-12-16-14-46(51-4)45-44-16)15-20(3,28)18(48)50-27(42,43)25(37,38)23(33,34)21(29,30)22(31,32)24(35,36)26(39,40)41/h14,51H,5-13,15H2,1-4H3. The number of aryl methyl sites for hydroxylation is 1. The first kappa shape index (κ1) is 47.0. The molecule has 7 nitrogen and oxygen atoms in total. The number of unbranched alkanes of at least 4 members (excludes halogenated alkanes) is 6. The summed E-state index contributed by atoms with van der Waals surface area (Å²) in [6.07, 6.45) is -7.94. The zero-order valence-corrected chi connectivity index (χ0v) is 29.8. The second-order valence-electron chi connectivity index (χ2n) is 12.3. The highest BCUT2D eigenvalue weighted by Gasteiger charge is 2.94. The predicted molar refractivity (Wildman–Crippen MR) is 154 cm³/mol. The lowest BCUT2D eigenvalue weighted by molar-refractivity contribution is -0.468. The van der Waals surface area contributed by atoms with E-state index < -0.39 is 70.0 Å². The summed E-state index contributed by atoms with van der Waals surface area (Å²) in [5, 5.41) is 8.01. The fraction of sp³-hybridized carbons (Fsp3) is 0.852. The van der Waals surface area contributed by atoms with Gasteiger partial charge in [0.15, 0.2) is 0 Å². The molecule has 0 saturated heterocycles. The van der Waals surface area contributed by atoms with Gasteiger partial charge < -0.3 is 9.47 Å². The molecule has 1 rings (SSSR count). The van der Waals surface area contributed by atoms with E-state index in [-0.39, 0.29) is 6.61 Å². The van der Waals surface area contributed by atoms with E-state index in [1.54, 1.807) is 4.45 Å². The van der Waals surface area contributed by atoms with Crippen molar-refractivity contribution in [3.63, 3.8) is 0 Å². The van der Waals surface area contributed by atoms with E-state index in [2.05, 4.69) is 31.0 Å². The lowest BCUT2D eigenvalue weighted by atomic mass is 9.83. The second-order valence-corrected chi connectivity index (χ2v) is 14.9. The highest BCUT2D eigenvalue weighted by atomic mass is 79.9. The van der Waals surface area contributed by atoms with Gasteiger partial charge in [0.25, 0.3) is 0 Å². The van der Waals surface area contributed by atoms with Crippen LogP contribution in [0, 0.1) is 5.41 Å². The molecule has 0 aliphatic carbocycles. The van der Waals surface area contributed by atoms with Crippen molar-refractivity contribution in [2.45, 2.75) is 125 Å². The van der Waals surface area contributed by atoms with Gasteiger partial charge in [-0.25, -0.2) is 4.45 Å². The van der Waals surface area contributed by atoms with E-state index in [0.717, 1.165) is 58.1 Å². The smallest absolute Gasteiger partial charge is 0.465 e. The summed E-state index contributed by atoms with van der Waals surface area (Å²) in [6, 6.07) is 0. The molecule has 0 fully saturated rings. The van der Waals surface area contributed by atoms with Crippen LogP contribution in [0.1, 0.15) is 77.8 Å². The Morgan fingerprint density at radius 1 is 0.706 bits per heavy atom. The summed E-state index contributed by atoms with van der Waals surface area (Å²) in [7, 11) is 0.481. The zero-order valence-electron chi connectivity index (χ0n) is 27.2. The number of hydrogen-bond donors (Lipinski definition) is 0. The average Bonchev–Trinajstić information content (AvgIpc) is 3.44. The molecule has 0 aliphatic rings. The van der Waals surface area contributed by atoms with E-state index in [1.165, 1.54) is 0 Å². The summed E-state index contributed by atoms with van der Waals surface area (Å²) < 4.78 is 208. The molecule has 2 unspecified atom stereocenters. The highest BCUT2D eigenvalue weighted by molar-refractivity contribution is 9.10. The molecule has 0 bridgehead atoms. The van der Waals surface area contributed by atoms with Crippen molar-refractivity contribution >= 4 is 36.6 Å². The largest absolute Gasteiger partial charge is 0.473 e. The average molecular weight is 860 g/mol. The van der Waals surface area contributed by atoms with Crippen LogP contribution in [-0.2, 0) is 25.5 Å². The van der Waals surface area contributed by atoms with Crippen molar-refractivity contribution in [3.8, 4) is 0 Å². The fourth-order valence-corrected chi connectivity index (χ4v) is 5.58. The minimum atomic E-state index is -8.53. The molecule has 0 aliphatic heterocycles. The highest BCUT2D eigenvalue weighted by Crippen LogP contribution is 2.62. The molecule has 24 heteroatoms. The third-order valence-corrected chi connectivity index (χ3v) is 8.63. The van der Waals surface area contributed by atoms with Crippen LogP contribution in [0.5, 0.6) is 0 Å². The van der Waals surface area contributed by atoms with Crippen LogP contribution in [0.2, 0.25) is 0 Å². The molecular formula is C27H34BrF15N3O4P. The maximum Gasteiger partial charge on any atom is 0.473 e. The van der Waals surface area contributed by atoms with Crippen molar-refractivity contribution < 1.29 is 84.9 Å². The Balaban J connectivity index is 2.76. The Morgan fingerprint density at radius 2 is 1.16 bits per heavy atom. The SMILES string of the molecule is CPn1cc(CCCCCCCCCOC(=O)C(C)(C)CC(C)(Br)C(=O)OC(F)(F)C(F)(F)C(F)(F)C(F)(F)C(F)(F)C(F)(F)C(F)(F)F)nn1. The molecule has 298 valence electrons. The first-order valence-electron chi connectivity index (χ1n) is 14.8. The molecule has 2 atom stereocenters. The van der Waals surface area contributed by atoms with Gasteiger partial charge >= 0.3 is 53.8 Å². The molecule has 0 spiro atoms. The van der Waals surface area contributed by atoms with E-state index in [4.69, 9.17) is 4.74 Å². The van der Waals surface area contributed by atoms with Crippen LogP contribution >= 0.6 is 24.7 Å². The van der Waals surface area contributed by atoms with Gasteiger partial charge in [-0.2, -0.15) is 65.9 Å². The molecular weight excluding hydrogens is 826 g/mol. The lowest BCUT2D eigenvalue weighted by Crippen LogP contribution is -2.73. The third-order valence-electron chi connectivity index (χ3n) is 7.35. The van der Waals surface area contributed by atoms with Crippen molar-refractivity contribution in [2.75, 3.05) is 13.3 Å². The van der Waals surface area contributed by atoms with Crippen LogP contribution in [0.4, 0.5) is 65.9 Å². The number of hydrogen-bond acceptors (Lipinski definition) is 6. The third kappa shape index (κ3) is 10.3. The monoisotopic (exact) mass is 859 g/mol. The summed E-state index contributed by atoms with van der Waals surface area (Å²) in [5.41, 5.74) is -0.967. The number of aromatic nitrogens is 3. The van der Waals surface area contributed by atoms with Crippen molar-refractivity contribution in [3.05, 3.63) is 11.9 Å². The second kappa shape index (κ2) is 16.5. The molecule has 51 heavy (non-hydrogen) atoms. The molecule has 1 heterocycles. The molecule has 0 radical (unpaired) electrons. The Labute approximate surface area is 291 Å². The number of rotatable bonds is 21. The van der Waals surface area contributed by atoms with E-state index in [0.29, 0.717) is 28.5 Å². The van der Waals surface area contributed by atoms with Gasteiger partial charge in [0.2, 0.25) is 0 Å². The van der Waals surface area contributed by atoms with Crippen LogP contribution in [-0.4, -0.2) is 86.2 Å². The van der Waals surface area contributed by atoms with E-state index in [9.17, 15) is 75.4 Å². The van der Waals surface area contributed by atoms with Crippen molar-refractivity contribution in [1.29, 1.82) is 0 Å².